The molecule has 0 aliphatic carbocycles. The lowest BCUT2D eigenvalue weighted by atomic mass is 10.1. The summed E-state index contributed by atoms with van der Waals surface area (Å²) < 4.78 is 6.33. The van der Waals surface area contributed by atoms with E-state index in [4.69, 9.17) is 19.1 Å². The first-order valence-electron chi connectivity index (χ1n) is 11.1. The zero-order valence-corrected chi connectivity index (χ0v) is 19.5. The highest BCUT2D eigenvalue weighted by Crippen LogP contribution is 2.37. The van der Waals surface area contributed by atoms with Gasteiger partial charge in [0.05, 0.1) is 19.9 Å². The van der Waals surface area contributed by atoms with E-state index in [0.29, 0.717) is 5.89 Å². The third-order valence-corrected chi connectivity index (χ3v) is 5.59. The Labute approximate surface area is 194 Å². The molecule has 0 bridgehead atoms. The van der Waals surface area contributed by atoms with Gasteiger partial charge in [0.2, 0.25) is 5.89 Å². The quantitative estimate of drug-likeness (QED) is 0.277. The third-order valence-electron chi connectivity index (χ3n) is 5.59. The van der Waals surface area contributed by atoms with Crippen LogP contribution >= 0.6 is 0 Å². The van der Waals surface area contributed by atoms with E-state index in [1.54, 1.807) is 14.2 Å². The molecule has 0 saturated heterocycles. The first-order chi connectivity index (χ1) is 16.2. The molecule has 4 aromatic rings. The minimum Gasteiger partial charge on any atom is -0.435 e. The van der Waals surface area contributed by atoms with E-state index in [9.17, 15) is 0 Å². The summed E-state index contributed by atoms with van der Waals surface area (Å²) in [6.07, 6.45) is 0. The SMILES string of the molecule is CCN(CC)c1ccc(-c2nc(-c3ccc(N(OC)OC)cc3)c(-c3ccccc3)o2)cc1. The number of hydrogen-bond donors (Lipinski definition) is 0. The van der Waals surface area contributed by atoms with Crippen LogP contribution in [0.5, 0.6) is 0 Å². The van der Waals surface area contributed by atoms with E-state index in [2.05, 4.69) is 43.0 Å². The normalized spacial score (nSPS) is 10.9. The van der Waals surface area contributed by atoms with E-state index >= 15 is 0 Å². The van der Waals surface area contributed by atoms with Gasteiger partial charge in [-0.2, -0.15) is 0 Å². The van der Waals surface area contributed by atoms with Crippen molar-refractivity contribution in [1.82, 2.24) is 4.98 Å². The number of nitrogens with zero attached hydrogens (tertiary/aromatic N) is 3. The fraction of sp³-hybridized carbons (Fsp3) is 0.222. The molecule has 3 aromatic carbocycles. The highest BCUT2D eigenvalue weighted by atomic mass is 16.9. The predicted octanol–water partition coefficient (Wildman–Crippen LogP) is 6.45. The molecule has 33 heavy (non-hydrogen) atoms. The molecular weight excluding hydrogens is 414 g/mol. The van der Waals surface area contributed by atoms with E-state index < -0.39 is 0 Å². The summed E-state index contributed by atoms with van der Waals surface area (Å²) in [6, 6.07) is 26.2. The van der Waals surface area contributed by atoms with Gasteiger partial charge in [0.15, 0.2) is 5.76 Å². The van der Waals surface area contributed by atoms with Crippen LogP contribution in [0, 0.1) is 0 Å². The van der Waals surface area contributed by atoms with Gasteiger partial charge in [-0.25, -0.2) is 4.98 Å². The standard InChI is InChI=1S/C27H29N3O3/c1-5-29(6-2)23-16-14-22(15-17-23)27-28-25(26(33-27)21-10-8-7-9-11-21)20-12-18-24(19-13-20)30(31-3)32-4/h7-19H,5-6H2,1-4H3. The molecule has 0 N–H and O–H groups in total. The van der Waals surface area contributed by atoms with Crippen LogP contribution in [0.4, 0.5) is 11.4 Å². The maximum Gasteiger partial charge on any atom is 0.227 e. The molecular formula is C27H29N3O3. The van der Waals surface area contributed by atoms with Crippen LogP contribution in [-0.2, 0) is 9.68 Å². The van der Waals surface area contributed by atoms with Gasteiger partial charge < -0.3 is 9.32 Å². The summed E-state index contributed by atoms with van der Waals surface area (Å²) in [6.45, 7) is 6.26. The topological polar surface area (TPSA) is 51.0 Å². The van der Waals surface area contributed by atoms with Crippen molar-refractivity contribution in [3.8, 4) is 34.0 Å². The molecule has 0 atom stereocenters. The summed E-state index contributed by atoms with van der Waals surface area (Å²) >= 11 is 0. The Bertz CT molecular complexity index is 1150. The van der Waals surface area contributed by atoms with Crippen molar-refractivity contribution in [2.75, 3.05) is 37.4 Å². The van der Waals surface area contributed by atoms with Gasteiger partial charge in [-0.05, 0) is 50.2 Å². The molecule has 170 valence electrons. The van der Waals surface area contributed by atoms with Crippen LogP contribution in [0.1, 0.15) is 13.8 Å². The van der Waals surface area contributed by atoms with Crippen LogP contribution in [0.3, 0.4) is 0 Å². The number of benzene rings is 3. The van der Waals surface area contributed by atoms with Gasteiger partial charge in [0.1, 0.15) is 5.69 Å². The summed E-state index contributed by atoms with van der Waals surface area (Å²) in [4.78, 5) is 17.6. The number of oxazole rings is 1. The Morgan fingerprint density at radius 1 is 0.697 bits per heavy atom. The Morgan fingerprint density at radius 2 is 1.27 bits per heavy atom. The molecule has 0 aliphatic rings. The van der Waals surface area contributed by atoms with Gasteiger partial charge >= 0.3 is 0 Å². The lowest BCUT2D eigenvalue weighted by molar-refractivity contribution is -0.0433. The smallest absolute Gasteiger partial charge is 0.227 e. The maximum absolute atomic E-state index is 6.33. The molecule has 6 heteroatoms. The van der Waals surface area contributed by atoms with Crippen LogP contribution in [0.15, 0.2) is 83.3 Å². The molecule has 0 amide bonds. The van der Waals surface area contributed by atoms with Crippen LogP contribution in [0.2, 0.25) is 0 Å². The molecule has 0 fully saturated rings. The Kier molecular flexibility index (Phi) is 7.07. The van der Waals surface area contributed by atoms with E-state index in [0.717, 1.165) is 46.9 Å². The molecule has 0 saturated carbocycles. The second-order valence-corrected chi connectivity index (χ2v) is 7.45. The average Bonchev–Trinajstić information content (AvgIpc) is 3.32. The van der Waals surface area contributed by atoms with Crippen molar-refractivity contribution >= 4 is 11.4 Å². The Morgan fingerprint density at radius 3 is 1.85 bits per heavy atom. The summed E-state index contributed by atoms with van der Waals surface area (Å²) in [5.41, 5.74) is 5.62. The summed E-state index contributed by atoms with van der Waals surface area (Å²) in [5, 5.41) is 1.34. The van der Waals surface area contributed by atoms with Crippen LogP contribution in [0.25, 0.3) is 34.0 Å². The maximum atomic E-state index is 6.33. The van der Waals surface area contributed by atoms with E-state index in [1.165, 1.54) is 10.9 Å². The average molecular weight is 444 g/mol. The zero-order valence-electron chi connectivity index (χ0n) is 19.5. The zero-order chi connectivity index (χ0) is 23.2. The predicted molar refractivity (Wildman–Crippen MR) is 133 cm³/mol. The lowest BCUT2D eigenvalue weighted by Gasteiger charge is -2.20. The van der Waals surface area contributed by atoms with Gasteiger partial charge in [-0.15, -0.1) is 5.23 Å². The Hall–Kier alpha value is -3.61. The highest BCUT2D eigenvalue weighted by Gasteiger charge is 2.19. The van der Waals surface area contributed by atoms with Crippen LogP contribution in [-0.4, -0.2) is 32.3 Å². The fourth-order valence-electron chi connectivity index (χ4n) is 3.85. The van der Waals surface area contributed by atoms with Crippen molar-refractivity contribution < 1.29 is 14.1 Å². The second kappa shape index (κ2) is 10.3. The summed E-state index contributed by atoms with van der Waals surface area (Å²) in [5.74, 6) is 1.33. The molecule has 0 aliphatic heterocycles. The van der Waals surface area contributed by atoms with Crippen molar-refractivity contribution in [3.63, 3.8) is 0 Å². The Balaban J connectivity index is 1.74. The molecule has 1 aromatic heterocycles. The molecule has 4 rings (SSSR count). The minimum absolute atomic E-state index is 0.592. The van der Waals surface area contributed by atoms with Crippen molar-refractivity contribution in [3.05, 3.63) is 78.9 Å². The van der Waals surface area contributed by atoms with E-state index in [-0.39, 0.29) is 0 Å². The van der Waals surface area contributed by atoms with Crippen molar-refractivity contribution in [2.45, 2.75) is 13.8 Å². The number of rotatable bonds is 9. The van der Waals surface area contributed by atoms with Gasteiger partial charge in [-0.3, -0.25) is 9.68 Å². The second-order valence-electron chi connectivity index (χ2n) is 7.45. The first kappa shape index (κ1) is 22.6. The van der Waals surface area contributed by atoms with Gasteiger partial charge in [-0.1, -0.05) is 42.5 Å². The molecule has 0 unspecified atom stereocenters. The van der Waals surface area contributed by atoms with E-state index in [1.807, 2.05) is 54.6 Å². The monoisotopic (exact) mass is 443 g/mol. The fourth-order valence-corrected chi connectivity index (χ4v) is 3.85. The first-order valence-corrected chi connectivity index (χ1v) is 11.1. The summed E-state index contributed by atoms with van der Waals surface area (Å²) in [7, 11) is 3.11. The molecule has 1 heterocycles. The van der Waals surface area contributed by atoms with Crippen molar-refractivity contribution in [2.24, 2.45) is 0 Å². The minimum atomic E-state index is 0.592. The van der Waals surface area contributed by atoms with Crippen LogP contribution < -0.4 is 10.1 Å². The molecule has 0 radical (unpaired) electrons. The lowest BCUT2D eigenvalue weighted by Crippen LogP contribution is -2.21. The number of anilines is 2. The number of aromatic nitrogens is 1. The third kappa shape index (κ3) is 4.77. The highest BCUT2D eigenvalue weighted by molar-refractivity contribution is 5.79. The van der Waals surface area contributed by atoms with Crippen molar-refractivity contribution in [1.29, 1.82) is 0 Å². The number of hydrogen-bond acceptors (Lipinski definition) is 6. The van der Waals surface area contributed by atoms with Gasteiger partial charge in [0, 0.05) is 35.5 Å². The van der Waals surface area contributed by atoms with Gasteiger partial charge in [0.25, 0.3) is 0 Å². The molecule has 0 spiro atoms. The largest absolute Gasteiger partial charge is 0.435 e. The molecule has 6 nitrogen and oxygen atoms in total.